The van der Waals surface area contributed by atoms with Gasteiger partial charge in [-0.15, -0.1) is 0 Å². The molecule has 1 aromatic rings. The van der Waals surface area contributed by atoms with Gasteiger partial charge in [0.2, 0.25) is 11.8 Å². The lowest BCUT2D eigenvalue weighted by Gasteiger charge is -2.27. The summed E-state index contributed by atoms with van der Waals surface area (Å²) in [6.07, 6.45) is 3.74. The lowest BCUT2D eigenvalue weighted by molar-refractivity contribution is -0.130. The Morgan fingerprint density at radius 1 is 0.962 bits per heavy atom. The van der Waals surface area contributed by atoms with Gasteiger partial charge < -0.3 is 15.5 Å². The first-order chi connectivity index (χ1) is 12.5. The molecule has 1 aliphatic carbocycles. The first-order valence-corrected chi connectivity index (χ1v) is 9.40. The third-order valence-electron chi connectivity index (χ3n) is 4.95. The number of hydrogen-bond acceptors (Lipinski definition) is 3. The van der Waals surface area contributed by atoms with E-state index in [9.17, 15) is 14.0 Å². The molecule has 2 amide bonds. The first kappa shape index (κ1) is 20.4. The molecule has 1 saturated carbocycles. The number of halogens is 1. The highest BCUT2D eigenvalue weighted by Crippen LogP contribution is 2.29. The number of benzene rings is 1. The second kappa shape index (κ2) is 10.3. The minimum absolute atomic E-state index is 0.00552. The van der Waals surface area contributed by atoms with Crippen LogP contribution in [0.5, 0.6) is 0 Å². The predicted molar refractivity (Wildman–Crippen MR) is 100 cm³/mol. The Bertz CT molecular complexity index is 581. The second-order valence-electron chi connectivity index (χ2n) is 7.31. The van der Waals surface area contributed by atoms with Gasteiger partial charge in [0.1, 0.15) is 5.82 Å². The van der Waals surface area contributed by atoms with Gasteiger partial charge in [-0.3, -0.25) is 9.59 Å². The van der Waals surface area contributed by atoms with Crippen LogP contribution >= 0.6 is 0 Å². The summed E-state index contributed by atoms with van der Waals surface area (Å²) in [7, 11) is 3.96. The molecule has 2 rings (SSSR count). The quantitative estimate of drug-likeness (QED) is 0.742. The third kappa shape index (κ3) is 6.75. The molecule has 0 bridgehead atoms. The molecule has 5 nitrogen and oxygen atoms in total. The van der Waals surface area contributed by atoms with Crippen LogP contribution in [-0.4, -0.2) is 50.4 Å². The fraction of sp³-hybridized carbons (Fsp3) is 0.600. The van der Waals surface area contributed by atoms with Crippen LogP contribution in [0.1, 0.15) is 31.2 Å². The minimum Gasteiger partial charge on any atom is -0.356 e. The summed E-state index contributed by atoms with van der Waals surface area (Å²) in [5.74, 6) is -0.0460. The number of nitrogens with zero attached hydrogens (tertiary/aromatic N) is 1. The molecular formula is C20H30FN3O2. The Morgan fingerprint density at radius 2 is 1.46 bits per heavy atom. The van der Waals surface area contributed by atoms with Crippen LogP contribution in [0.2, 0.25) is 0 Å². The van der Waals surface area contributed by atoms with Crippen LogP contribution in [0.4, 0.5) is 4.39 Å². The molecule has 0 saturated heterocycles. The molecule has 1 fully saturated rings. The van der Waals surface area contributed by atoms with Crippen molar-refractivity contribution in [1.82, 2.24) is 15.5 Å². The van der Waals surface area contributed by atoms with Gasteiger partial charge in [0.25, 0.3) is 0 Å². The molecule has 26 heavy (non-hydrogen) atoms. The third-order valence-corrected chi connectivity index (χ3v) is 4.95. The Morgan fingerprint density at radius 3 is 1.96 bits per heavy atom. The topological polar surface area (TPSA) is 61.4 Å². The molecule has 2 N–H and O–H groups in total. The molecule has 0 unspecified atom stereocenters. The number of rotatable bonds is 8. The molecular weight excluding hydrogens is 333 g/mol. The van der Waals surface area contributed by atoms with E-state index in [1.807, 2.05) is 19.0 Å². The van der Waals surface area contributed by atoms with Gasteiger partial charge in [-0.2, -0.15) is 0 Å². The summed E-state index contributed by atoms with van der Waals surface area (Å²) >= 11 is 0. The van der Waals surface area contributed by atoms with Crippen molar-refractivity contribution in [2.75, 3.05) is 33.7 Å². The maximum atomic E-state index is 12.9. The average Bonchev–Trinajstić information content (AvgIpc) is 2.63. The van der Waals surface area contributed by atoms with Crippen LogP contribution in [0, 0.1) is 17.7 Å². The van der Waals surface area contributed by atoms with E-state index >= 15 is 0 Å². The number of likely N-dealkylation sites (N-methyl/N-ethyl adjacent to an activating group) is 1. The molecule has 1 aliphatic rings. The standard InChI is InChI=1S/C20H30FN3O2/c1-24(2)14-13-23-20(26)17-7-5-16(6-8-17)19(25)22-12-11-15-3-9-18(21)10-4-15/h3-4,9-10,16-17H,5-8,11-14H2,1-2H3,(H,22,25)(H,23,26). The highest BCUT2D eigenvalue weighted by atomic mass is 19.1. The van der Waals surface area contributed by atoms with Crippen molar-refractivity contribution < 1.29 is 14.0 Å². The van der Waals surface area contributed by atoms with Crippen molar-refractivity contribution in [1.29, 1.82) is 0 Å². The Balaban J connectivity index is 1.64. The van der Waals surface area contributed by atoms with E-state index in [0.717, 1.165) is 37.8 Å². The smallest absolute Gasteiger partial charge is 0.223 e. The summed E-state index contributed by atoms with van der Waals surface area (Å²) in [6.45, 7) is 2.04. The monoisotopic (exact) mass is 363 g/mol. The number of hydrogen-bond donors (Lipinski definition) is 2. The zero-order chi connectivity index (χ0) is 18.9. The van der Waals surface area contributed by atoms with Crippen molar-refractivity contribution in [3.63, 3.8) is 0 Å². The van der Waals surface area contributed by atoms with Crippen molar-refractivity contribution in [3.8, 4) is 0 Å². The van der Waals surface area contributed by atoms with Crippen molar-refractivity contribution in [2.45, 2.75) is 32.1 Å². The number of carbonyl (C=O) groups excluding carboxylic acids is 2. The molecule has 144 valence electrons. The van der Waals surface area contributed by atoms with Gasteiger partial charge in [0.15, 0.2) is 0 Å². The first-order valence-electron chi connectivity index (χ1n) is 9.40. The SMILES string of the molecule is CN(C)CCNC(=O)C1CCC(C(=O)NCCc2ccc(F)cc2)CC1. The Kier molecular flexibility index (Phi) is 8.04. The van der Waals surface area contributed by atoms with E-state index in [0.29, 0.717) is 19.5 Å². The largest absolute Gasteiger partial charge is 0.356 e. The van der Waals surface area contributed by atoms with E-state index in [1.165, 1.54) is 12.1 Å². The summed E-state index contributed by atoms with van der Waals surface area (Å²) in [6, 6.07) is 6.34. The summed E-state index contributed by atoms with van der Waals surface area (Å²) < 4.78 is 12.9. The van der Waals surface area contributed by atoms with Crippen LogP contribution < -0.4 is 10.6 Å². The number of nitrogens with one attached hydrogen (secondary N) is 2. The van der Waals surface area contributed by atoms with Crippen LogP contribution in [0.25, 0.3) is 0 Å². The van der Waals surface area contributed by atoms with Gasteiger partial charge in [-0.05, 0) is 63.9 Å². The van der Waals surface area contributed by atoms with Crippen LogP contribution in [-0.2, 0) is 16.0 Å². The maximum absolute atomic E-state index is 12.9. The molecule has 0 radical (unpaired) electrons. The zero-order valence-corrected chi connectivity index (χ0v) is 15.8. The van der Waals surface area contributed by atoms with Gasteiger partial charge in [0.05, 0.1) is 0 Å². The van der Waals surface area contributed by atoms with E-state index in [2.05, 4.69) is 10.6 Å². The highest BCUT2D eigenvalue weighted by Gasteiger charge is 2.29. The molecule has 0 spiro atoms. The Labute approximate surface area is 155 Å². The van der Waals surface area contributed by atoms with Crippen molar-refractivity contribution in [2.24, 2.45) is 11.8 Å². The average molecular weight is 363 g/mol. The zero-order valence-electron chi connectivity index (χ0n) is 15.8. The molecule has 0 aliphatic heterocycles. The highest BCUT2D eigenvalue weighted by molar-refractivity contribution is 5.81. The molecule has 0 heterocycles. The Hall–Kier alpha value is -1.95. The van der Waals surface area contributed by atoms with E-state index in [1.54, 1.807) is 12.1 Å². The van der Waals surface area contributed by atoms with Gasteiger partial charge in [-0.1, -0.05) is 12.1 Å². The summed E-state index contributed by atoms with van der Waals surface area (Å²) in [5, 5.41) is 5.94. The lowest BCUT2D eigenvalue weighted by atomic mass is 9.81. The fourth-order valence-electron chi connectivity index (χ4n) is 3.29. The van der Waals surface area contributed by atoms with E-state index in [4.69, 9.17) is 0 Å². The maximum Gasteiger partial charge on any atom is 0.223 e. The molecule has 0 atom stereocenters. The van der Waals surface area contributed by atoms with Crippen molar-refractivity contribution >= 4 is 11.8 Å². The molecule has 1 aromatic carbocycles. The number of carbonyl (C=O) groups is 2. The van der Waals surface area contributed by atoms with Gasteiger partial charge in [-0.25, -0.2) is 4.39 Å². The number of amides is 2. The van der Waals surface area contributed by atoms with Gasteiger partial charge >= 0.3 is 0 Å². The normalized spacial score (nSPS) is 20.0. The van der Waals surface area contributed by atoms with E-state index in [-0.39, 0.29) is 29.5 Å². The summed E-state index contributed by atoms with van der Waals surface area (Å²) in [4.78, 5) is 26.5. The van der Waals surface area contributed by atoms with E-state index < -0.39 is 0 Å². The fourth-order valence-corrected chi connectivity index (χ4v) is 3.29. The van der Waals surface area contributed by atoms with Crippen LogP contribution in [0.3, 0.4) is 0 Å². The predicted octanol–water partition coefficient (Wildman–Crippen LogP) is 1.97. The van der Waals surface area contributed by atoms with Gasteiger partial charge in [0, 0.05) is 31.5 Å². The molecule has 0 aromatic heterocycles. The summed E-state index contributed by atoms with van der Waals surface area (Å²) in [5.41, 5.74) is 1.00. The molecule has 6 heteroatoms. The second-order valence-corrected chi connectivity index (χ2v) is 7.31. The van der Waals surface area contributed by atoms with Crippen molar-refractivity contribution in [3.05, 3.63) is 35.6 Å². The minimum atomic E-state index is -0.250. The van der Waals surface area contributed by atoms with Crippen LogP contribution in [0.15, 0.2) is 24.3 Å². The lowest BCUT2D eigenvalue weighted by Crippen LogP contribution is -2.39.